The Morgan fingerprint density at radius 1 is 1.19 bits per heavy atom. The fraction of sp³-hybridized carbons (Fsp3) is 0.292. The van der Waals surface area contributed by atoms with Crippen LogP contribution in [-0.2, 0) is 10.0 Å². The van der Waals surface area contributed by atoms with Gasteiger partial charge >= 0.3 is 0 Å². The highest BCUT2D eigenvalue weighted by Crippen LogP contribution is 2.34. The molecule has 3 heterocycles. The van der Waals surface area contributed by atoms with Crippen molar-refractivity contribution in [3.8, 4) is 11.5 Å². The van der Waals surface area contributed by atoms with Gasteiger partial charge in [0, 0.05) is 24.5 Å². The minimum Gasteiger partial charge on any atom is -0.506 e. The molecule has 2 aromatic carbocycles. The maximum Gasteiger partial charge on any atom is 0.286 e. The van der Waals surface area contributed by atoms with E-state index in [4.69, 9.17) is 4.74 Å². The molecule has 186 valence electrons. The van der Waals surface area contributed by atoms with E-state index < -0.39 is 15.6 Å². The molecule has 12 heteroatoms. The van der Waals surface area contributed by atoms with E-state index in [0.29, 0.717) is 41.5 Å². The van der Waals surface area contributed by atoms with E-state index in [9.17, 15) is 18.3 Å². The van der Waals surface area contributed by atoms with Crippen LogP contribution < -0.4 is 26.4 Å². The molecule has 4 N–H and O–H groups in total. The van der Waals surface area contributed by atoms with Gasteiger partial charge in [-0.25, -0.2) is 4.68 Å². The first-order valence-electron chi connectivity index (χ1n) is 11.7. The topological polar surface area (TPSA) is 146 Å². The average Bonchev–Trinajstić information content (AvgIpc) is 3.54. The molecule has 0 unspecified atom stereocenters. The summed E-state index contributed by atoms with van der Waals surface area (Å²) in [6.45, 7) is 2.22. The van der Waals surface area contributed by atoms with E-state index in [2.05, 4.69) is 25.4 Å². The third kappa shape index (κ3) is 4.02. The van der Waals surface area contributed by atoms with Crippen LogP contribution in [0.2, 0.25) is 0 Å². The summed E-state index contributed by atoms with van der Waals surface area (Å²) >= 11 is 0. The Balaban J connectivity index is 1.39. The lowest BCUT2D eigenvalue weighted by Crippen LogP contribution is -2.37. The summed E-state index contributed by atoms with van der Waals surface area (Å²) in [5.74, 6) is 0.950. The van der Waals surface area contributed by atoms with Gasteiger partial charge in [0.15, 0.2) is 5.84 Å². The number of nitrogens with one attached hydrogen (secondary N) is 3. The number of rotatable bonds is 7. The van der Waals surface area contributed by atoms with Crippen LogP contribution in [-0.4, -0.2) is 56.1 Å². The Bertz CT molecular complexity index is 1610. The van der Waals surface area contributed by atoms with Crippen molar-refractivity contribution in [2.24, 2.45) is 15.3 Å². The van der Waals surface area contributed by atoms with Gasteiger partial charge in [-0.1, -0.05) is 12.1 Å². The first-order valence-corrected chi connectivity index (χ1v) is 13.1. The molecule has 0 radical (unpaired) electrons. The van der Waals surface area contributed by atoms with Crippen LogP contribution in [0.5, 0.6) is 11.5 Å². The zero-order valence-electron chi connectivity index (χ0n) is 19.2. The number of pyridine rings is 1. The molecule has 0 amide bonds. The summed E-state index contributed by atoms with van der Waals surface area (Å²) in [7, 11) is -4.19. The fourth-order valence-electron chi connectivity index (χ4n) is 4.27. The molecule has 11 nitrogen and oxygen atoms in total. The summed E-state index contributed by atoms with van der Waals surface area (Å²) in [6, 6.07) is 11.4. The summed E-state index contributed by atoms with van der Waals surface area (Å²) in [6.07, 6.45) is 2.18. The lowest BCUT2D eigenvalue weighted by molar-refractivity contribution is 0.372. The number of benzene rings is 2. The third-order valence-corrected chi connectivity index (χ3v) is 7.66. The zero-order valence-corrected chi connectivity index (χ0v) is 20.0. The van der Waals surface area contributed by atoms with Gasteiger partial charge in [-0.2, -0.15) is 8.42 Å². The van der Waals surface area contributed by atoms with Gasteiger partial charge in [-0.05, 0) is 43.0 Å². The van der Waals surface area contributed by atoms with Crippen LogP contribution in [0.3, 0.4) is 0 Å². The maximum atomic E-state index is 13.5. The van der Waals surface area contributed by atoms with Crippen LogP contribution in [0.4, 0.5) is 5.69 Å². The number of amidine groups is 2. The minimum absolute atomic E-state index is 0.0856. The molecule has 1 saturated carbocycles. The molecular formula is C24H24N6O5S. The van der Waals surface area contributed by atoms with Crippen molar-refractivity contribution in [1.29, 1.82) is 0 Å². The number of sulfonamides is 1. The number of aromatic hydroxyl groups is 1. The SMILES string of the molecule is O=c1c(C2=NS(=O)(=O)c3cc(OCC4=NCCN4)ccc3N2)c(O)c2ccccc2n1NCC1CC1. The molecule has 1 aromatic heterocycles. The number of nitrogens with zero attached hydrogens (tertiary/aromatic N) is 3. The molecule has 0 saturated heterocycles. The molecule has 6 rings (SSSR count). The summed E-state index contributed by atoms with van der Waals surface area (Å²) < 4.78 is 37.2. The van der Waals surface area contributed by atoms with E-state index in [1.54, 1.807) is 36.4 Å². The number of fused-ring (bicyclic) bond motifs is 2. The summed E-state index contributed by atoms with van der Waals surface area (Å²) in [5, 5.41) is 17.4. The highest BCUT2D eigenvalue weighted by Gasteiger charge is 2.31. The molecule has 0 spiro atoms. The lowest BCUT2D eigenvalue weighted by Gasteiger charge is -2.21. The molecule has 1 aliphatic carbocycles. The smallest absolute Gasteiger partial charge is 0.286 e. The van der Waals surface area contributed by atoms with Crippen LogP contribution in [0.25, 0.3) is 10.9 Å². The van der Waals surface area contributed by atoms with Crippen molar-refractivity contribution in [3.63, 3.8) is 0 Å². The van der Waals surface area contributed by atoms with Crippen LogP contribution >= 0.6 is 0 Å². The Morgan fingerprint density at radius 3 is 2.81 bits per heavy atom. The number of anilines is 1. The molecule has 0 bridgehead atoms. The number of para-hydroxylation sites is 1. The molecule has 3 aliphatic rings. The largest absolute Gasteiger partial charge is 0.506 e. The maximum absolute atomic E-state index is 13.5. The van der Waals surface area contributed by atoms with E-state index in [-0.39, 0.29) is 34.3 Å². The number of aliphatic imine (C=N–C) groups is 1. The van der Waals surface area contributed by atoms with Gasteiger partial charge in [0.25, 0.3) is 15.6 Å². The van der Waals surface area contributed by atoms with Crippen LogP contribution in [0, 0.1) is 5.92 Å². The number of hydrogen-bond donors (Lipinski definition) is 4. The van der Waals surface area contributed by atoms with Crippen LogP contribution in [0.1, 0.15) is 18.4 Å². The fourth-order valence-corrected chi connectivity index (χ4v) is 5.41. The second kappa shape index (κ2) is 8.55. The van der Waals surface area contributed by atoms with Crippen LogP contribution in [0.15, 0.2) is 61.5 Å². The summed E-state index contributed by atoms with van der Waals surface area (Å²) in [5.41, 5.74) is 3.04. The quantitative estimate of drug-likeness (QED) is 0.376. The molecule has 36 heavy (non-hydrogen) atoms. The molecule has 2 aliphatic heterocycles. The van der Waals surface area contributed by atoms with Crippen molar-refractivity contribution in [1.82, 2.24) is 9.99 Å². The van der Waals surface area contributed by atoms with Crippen molar-refractivity contribution >= 4 is 38.3 Å². The second-order valence-corrected chi connectivity index (χ2v) is 10.5. The molecule has 1 fully saturated rings. The monoisotopic (exact) mass is 508 g/mol. The minimum atomic E-state index is -4.19. The van der Waals surface area contributed by atoms with E-state index >= 15 is 0 Å². The molecule has 3 aromatic rings. The van der Waals surface area contributed by atoms with E-state index in [1.165, 1.54) is 10.7 Å². The van der Waals surface area contributed by atoms with Gasteiger partial charge in [0.1, 0.15) is 34.4 Å². The normalized spacial score (nSPS) is 18.0. The van der Waals surface area contributed by atoms with Gasteiger partial charge in [0.2, 0.25) is 0 Å². The van der Waals surface area contributed by atoms with Crippen molar-refractivity contribution in [3.05, 3.63) is 58.4 Å². The third-order valence-electron chi connectivity index (χ3n) is 6.34. The average molecular weight is 509 g/mol. The molecule has 0 atom stereocenters. The first-order chi connectivity index (χ1) is 17.4. The van der Waals surface area contributed by atoms with Crippen molar-refractivity contribution < 1.29 is 18.3 Å². The van der Waals surface area contributed by atoms with E-state index in [1.807, 2.05) is 0 Å². The van der Waals surface area contributed by atoms with Gasteiger partial charge < -0.3 is 25.9 Å². The highest BCUT2D eigenvalue weighted by atomic mass is 32.2. The Morgan fingerprint density at radius 2 is 2.03 bits per heavy atom. The zero-order chi connectivity index (χ0) is 24.9. The van der Waals surface area contributed by atoms with Crippen molar-refractivity contribution in [2.75, 3.05) is 37.0 Å². The number of ether oxygens (including phenoxy) is 1. The van der Waals surface area contributed by atoms with Crippen molar-refractivity contribution in [2.45, 2.75) is 17.7 Å². The standard InChI is InChI=1S/C24H24N6O5S/c31-22-16-3-1-2-4-18(16)30(27-12-14-5-6-14)24(32)21(22)23-28-17-8-7-15(11-19(17)36(33,34)29-23)35-13-20-25-9-10-26-20/h1-4,7-8,11,14,27,31H,5-6,9-10,12-13H2,(H,25,26)(H,28,29). The van der Waals surface area contributed by atoms with Gasteiger partial charge in [0.05, 0.1) is 17.7 Å². The van der Waals surface area contributed by atoms with Gasteiger partial charge in [-0.3, -0.25) is 9.79 Å². The van der Waals surface area contributed by atoms with Gasteiger partial charge in [-0.15, -0.1) is 4.40 Å². The highest BCUT2D eigenvalue weighted by molar-refractivity contribution is 7.90. The lowest BCUT2D eigenvalue weighted by atomic mass is 10.1. The molecular weight excluding hydrogens is 484 g/mol. The Hall–Kier alpha value is -4.06. The van der Waals surface area contributed by atoms with E-state index in [0.717, 1.165) is 19.4 Å². The first kappa shape index (κ1) is 22.4. The Kier molecular flexibility index (Phi) is 5.32. The number of hydrogen-bond acceptors (Lipinski definition) is 9. The predicted molar refractivity (Wildman–Crippen MR) is 136 cm³/mol. The second-order valence-electron chi connectivity index (χ2n) is 8.93. The predicted octanol–water partition coefficient (Wildman–Crippen LogP) is 1.60. The Labute approximate surface area is 206 Å². The summed E-state index contributed by atoms with van der Waals surface area (Å²) in [4.78, 5) is 17.7. The number of aromatic nitrogens is 1.